The highest BCUT2D eigenvalue weighted by Gasteiger charge is 2.29. The fourth-order valence-corrected chi connectivity index (χ4v) is 3.34. The maximum Gasteiger partial charge on any atom is 0.275 e. The van der Waals surface area contributed by atoms with Crippen LogP contribution in [0.3, 0.4) is 0 Å². The molecule has 0 radical (unpaired) electrons. The molecule has 1 aliphatic heterocycles. The van der Waals surface area contributed by atoms with Crippen LogP contribution >= 0.6 is 0 Å². The van der Waals surface area contributed by atoms with Gasteiger partial charge in [0.25, 0.3) is 5.91 Å². The number of hydrogen-bond acceptors (Lipinski definition) is 6. The lowest BCUT2D eigenvalue weighted by atomic mass is 10.1. The lowest BCUT2D eigenvalue weighted by Gasteiger charge is -2.19. The van der Waals surface area contributed by atoms with Crippen LogP contribution in [0.1, 0.15) is 22.8 Å². The molecule has 7 nitrogen and oxygen atoms in total. The van der Waals surface area contributed by atoms with E-state index in [0.717, 1.165) is 29.5 Å². The van der Waals surface area contributed by atoms with E-state index in [0.29, 0.717) is 24.2 Å². The van der Waals surface area contributed by atoms with Gasteiger partial charge in [-0.05, 0) is 32.6 Å². The fourth-order valence-electron chi connectivity index (χ4n) is 3.34. The van der Waals surface area contributed by atoms with E-state index in [9.17, 15) is 4.79 Å². The number of rotatable bonds is 5. The second kappa shape index (κ2) is 7.36. The van der Waals surface area contributed by atoms with Gasteiger partial charge in [0.2, 0.25) is 5.89 Å². The van der Waals surface area contributed by atoms with Gasteiger partial charge in [-0.2, -0.15) is 0 Å². The van der Waals surface area contributed by atoms with Crippen molar-refractivity contribution < 1.29 is 13.9 Å². The summed E-state index contributed by atoms with van der Waals surface area (Å²) in [6.45, 7) is 1.62. The number of fused-ring (bicyclic) bond motifs is 1. The van der Waals surface area contributed by atoms with Crippen LogP contribution in [0, 0.1) is 0 Å². The van der Waals surface area contributed by atoms with Gasteiger partial charge < -0.3 is 19.0 Å². The third kappa shape index (κ3) is 3.64. The van der Waals surface area contributed by atoms with E-state index in [4.69, 9.17) is 9.15 Å². The molecule has 3 aromatic rings. The smallest absolute Gasteiger partial charge is 0.275 e. The summed E-state index contributed by atoms with van der Waals surface area (Å²) in [7, 11) is 4.07. The topological polar surface area (TPSA) is 71.7 Å². The average Bonchev–Trinajstić information content (AvgIpc) is 3.35. The lowest BCUT2D eigenvalue weighted by molar-refractivity contribution is 0.0777. The van der Waals surface area contributed by atoms with Crippen LogP contribution in [-0.4, -0.2) is 58.9 Å². The van der Waals surface area contributed by atoms with Crippen molar-refractivity contribution in [2.45, 2.75) is 19.1 Å². The molecule has 0 unspecified atom stereocenters. The third-order valence-electron chi connectivity index (χ3n) is 4.94. The highest BCUT2D eigenvalue weighted by atomic mass is 16.5. The normalized spacial score (nSPS) is 17.0. The zero-order valence-electron chi connectivity index (χ0n) is 15.5. The molecule has 0 aliphatic carbocycles. The molecule has 0 spiro atoms. The zero-order valence-corrected chi connectivity index (χ0v) is 15.5. The molecular weight excluding hydrogens is 344 g/mol. The van der Waals surface area contributed by atoms with Crippen LogP contribution in [0.2, 0.25) is 0 Å². The number of carbonyl (C=O) groups is 1. The van der Waals surface area contributed by atoms with E-state index in [1.165, 1.54) is 6.26 Å². The Morgan fingerprint density at radius 3 is 3.07 bits per heavy atom. The number of oxazole rings is 1. The number of nitrogens with zero attached hydrogens (tertiary/aromatic N) is 4. The summed E-state index contributed by atoms with van der Waals surface area (Å²) in [4.78, 5) is 25.0. The molecule has 0 N–H and O–H groups in total. The van der Waals surface area contributed by atoms with Gasteiger partial charge in [0.05, 0.1) is 0 Å². The second-order valence-corrected chi connectivity index (χ2v) is 6.93. The Labute approximate surface area is 157 Å². The molecular formula is C20H22N4O3. The van der Waals surface area contributed by atoms with Gasteiger partial charge in [0.15, 0.2) is 12.3 Å². The van der Waals surface area contributed by atoms with E-state index in [1.54, 1.807) is 12.4 Å². The number of likely N-dealkylation sites (N-methyl/N-ethyl adjacent to an activating group) is 1. The predicted octanol–water partition coefficient (Wildman–Crippen LogP) is 2.58. The summed E-state index contributed by atoms with van der Waals surface area (Å²) >= 11 is 0. The van der Waals surface area contributed by atoms with Gasteiger partial charge in [-0.15, -0.1) is 0 Å². The minimum absolute atomic E-state index is 0.0921. The van der Waals surface area contributed by atoms with Crippen molar-refractivity contribution in [1.82, 2.24) is 19.8 Å². The maximum atomic E-state index is 12.6. The number of benzene rings is 1. The number of likely N-dealkylation sites (tertiary alicyclic amines) is 1. The highest BCUT2D eigenvalue weighted by Crippen LogP contribution is 2.25. The molecule has 1 amide bonds. The largest absolute Gasteiger partial charge is 0.483 e. The van der Waals surface area contributed by atoms with E-state index >= 15 is 0 Å². The molecule has 140 valence electrons. The third-order valence-corrected chi connectivity index (χ3v) is 4.94. The number of amides is 1. The molecule has 1 saturated heterocycles. The zero-order chi connectivity index (χ0) is 18.8. The SMILES string of the molecule is CN(C)[C@@H]1CCN(C(=O)c2coc(COc3cccc4cnccc34)n2)C1. The number of hydrogen-bond donors (Lipinski definition) is 0. The molecule has 1 aromatic carbocycles. The predicted molar refractivity (Wildman–Crippen MR) is 101 cm³/mol. The van der Waals surface area contributed by atoms with Crippen LogP contribution in [0.4, 0.5) is 0 Å². The monoisotopic (exact) mass is 366 g/mol. The summed E-state index contributed by atoms with van der Waals surface area (Å²) in [5.74, 6) is 1.02. The van der Waals surface area contributed by atoms with Crippen LogP contribution in [0.25, 0.3) is 10.8 Å². The van der Waals surface area contributed by atoms with E-state index in [1.807, 2.05) is 43.3 Å². The van der Waals surface area contributed by atoms with Crippen molar-refractivity contribution in [3.05, 3.63) is 54.5 Å². The Bertz CT molecular complexity index is 948. The van der Waals surface area contributed by atoms with Crippen molar-refractivity contribution in [2.24, 2.45) is 0 Å². The van der Waals surface area contributed by atoms with Gasteiger partial charge in [-0.1, -0.05) is 12.1 Å². The molecule has 2 aromatic heterocycles. The van der Waals surface area contributed by atoms with Gasteiger partial charge in [0, 0.05) is 42.3 Å². The summed E-state index contributed by atoms with van der Waals surface area (Å²) in [5.41, 5.74) is 0.329. The van der Waals surface area contributed by atoms with Crippen molar-refractivity contribution in [1.29, 1.82) is 0 Å². The summed E-state index contributed by atoms with van der Waals surface area (Å²) in [6.07, 6.45) is 5.91. The maximum absolute atomic E-state index is 12.6. The molecule has 27 heavy (non-hydrogen) atoms. The summed E-state index contributed by atoms with van der Waals surface area (Å²) < 4.78 is 11.3. The van der Waals surface area contributed by atoms with Crippen LogP contribution < -0.4 is 4.74 Å². The van der Waals surface area contributed by atoms with Gasteiger partial charge in [0.1, 0.15) is 12.0 Å². The van der Waals surface area contributed by atoms with Gasteiger partial charge >= 0.3 is 0 Å². The number of aromatic nitrogens is 2. The Morgan fingerprint density at radius 1 is 1.37 bits per heavy atom. The summed E-state index contributed by atoms with van der Waals surface area (Å²) in [5, 5.41) is 1.98. The quantitative estimate of drug-likeness (QED) is 0.691. The van der Waals surface area contributed by atoms with Crippen LogP contribution in [-0.2, 0) is 6.61 Å². The van der Waals surface area contributed by atoms with Crippen LogP contribution in [0.5, 0.6) is 5.75 Å². The van der Waals surface area contributed by atoms with E-state index < -0.39 is 0 Å². The molecule has 3 heterocycles. The first-order valence-corrected chi connectivity index (χ1v) is 8.97. The highest BCUT2D eigenvalue weighted by molar-refractivity contribution is 5.92. The number of ether oxygens (including phenoxy) is 1. The lowest BCUT2D eigenvalue weighted by Crippen LogP contribution is -2.34. The van der Waals surface area contributed by atoms with Crippen LogP contribution in [0.15, 0.2) is 47.3 Å². The minimum Gasteiger partial charge on any atom is -0.483 e. The average molecular weight is 366 g/mol. The summed E-state index contributed by atoms with van der Waals surface area (Å²) in [6, 6.07) is 8.09. The Morgan fingerprint density at radius 2 is 2.26 bits per heavy atom. The Kier molecular flexibility index (Phi) is 4.77. The van der Waals surface area contributed by atoms with Gasteiger partial charge in [-0.3, -0.25) is 9.78 Å². The second-order valence-electron chi connectivity index (χ2n) is 6.93. The Balaban J connectivity index is 1.42. The molecule has 0 saturated carbocycles. The van der Waals surface area contributed by atoms with Crippen molar-refractivity contribution in [3.63, 3.8) is 0 Å². The first-order chi connectivity index (χ1) is 13.1. The van der Waals surface area contributed by atoms with Crippen molar-refractivity contribution in [3.8, 4) is 5.75 Å². The number of pyridine rings is 1. The molecule has 1 aliphatic rings. The van der Waals surface area contributed by atoms with Gasteiger partial charge in [-0.25, -0.2) is 4.98 Å². The molecule has 1 atom stereocenters. The van der Waals surface area contributed by atoms with Crippen molar-refractivity contribution in [2.75, 3.05) is 27.2 Å². The molecule has 0 bridgehead atoms. The number of carbonyl (C=O) groups excluding carboxylic acids is 1. The van der Waals surface area contributed by atoms with E-state index in [-0.39, 0.29) is 12.5 Å². The molecule has 7 heteroatoms. The minimum atomic E-state index is -0.0921. The van der Waals surface area contributed by atoms with Crippen molar-refractivity contribution >= 4 is 16.7 Å². The Hall–Kier alpha value is -2.93. The first kappa shape index (κ1) is 17.5. The fraction of sp³-hybridized carbons (Fsp3) is 0.350. The standard InChI is InChI=1S/C20H22N4O3/c1-23(2)15-7-9-24(11-15)20(25)17-12-27-19(22-17)13-26-18-5-3-4-14-10-21-8-6-16(14)18/h3-6,8,10,12,15H,7,9,11,13H2,1-2H3/t15-/m1/s1. The molecule has 4 rings (SSSR count). The molecule has 1 fully saturated rings. The first-order valence-electron chi connectivity index (χ1n) is 8.97. The van der Waals surface area contributed by atoms with E-state index in [2.05, 4.69) is 14.9 Å².